The number of likely N-dealkylation sites (N-methyl/N-ethyl adjacent to an activating group) is 1. The third-order valence-electron chi connectivity index (χ3n) is 3.08. The Hall–Kier alpha value is -1.13. The molecule has 0 fully saturated rings. The van der Waals surface area contributed by atoms with E-state index in [1.807, 2.05) is 19.1 Å². The Morgan fingerprint density at radius 2 is 2.00 bits per heavy atom. The molecule has 0 spiro atoms. The molecule has 0 aromatic heterocycles. The average Bonchev–Trinajstić information content (AvgIpc) is 2.36. The molecule has 4 heteroatoms. The molecular weight excluding hydrogens is 242 g/mol. The van der Waals surface area contributed by atoms with E-state index in [2.05, 4.69) is 30.1 Å². The van der Waals surface area contributed by atoms with Gasteiger partial charge >= 0.3 is 0 Å². The Labute approximate surface area is 115 Å². The molecule has 0 bridgehead atoms. The van der Waals surface area contributed by atoms with Gasteiger partial charge in [0.25, 0.3) is 0 Å². The minimum atomic E-state index is 0.448. The summed E-state index contributed by atoms with van der Waals surface area (Å²) >= 11 is 5.08. The molecule has 1 aromatic rings. The number of hydrogen-bond acceptors (Lipinski definition) is 3. The van der Waals surface area contributed by atoms with Crippen LogP contribution in [0.1, 0.15) is 25.0 Å². The van der Waals surface area contributed by atoms with E-state index in [9.17, 15) is 0 Å². The molecule has 0 aliphatic rings. The summed E-state index contributed by atoms with van der Waals surface area (Å²) in [5.74, 6) is 0. The Morgan fingerprint density at radius 3 is 2.56 bits per heavy atom. The number of nitrogens with two attached hydrogens (primary N) is 1. The van der Waals surface area contributed by atoms with Crippen molar-refractivity contribution >= 4 is 22.9 Å². The molecule has 0 amide bonds. The van der Waals surface area contributed by atoms with E-state index >= 15 is 0 Å². The first-order valence-electron chi connectivity index (χ1n) is 6.45. The fourth-order valence-corrected chi connectivity index (χ4v) is 2.07. The zero-order valence-corrected chi connectivity index (χ0v) is 12.3. The van der Waals surface area contributed by atoms with E-state index in [-0.39, 0.29) is 0 Å². The first kappa shape index (κ1) is 14.9. The molecule has 0 saturated carbocycles. The van der Waals surface area contributed by atoms with Crippen molar-refractivity contribution in [3.05, 3.63) is 29.3 Å². The molecule has 100 valence electrons. The highest BCUT2D eigenvalue weighted by atomic mass is 32.1. The van der Waals surface area contributed by atoms with Crippen LogP contribution in [0.2, 0.25) is 0 Å². The monoisotopic (exact) mass is 265 g/mol. The Balaban J connectivity index is 2.64. The van der Waals surface area contributed by atoms with E-state index < -0.39 is 0 Å². The summed E-state index contributed by atoms with van der Waals surface area (Å²) in [5.41, 5.74) is 8.88. The van der Waals surface area contributed by atoms with Crippen molar-refractivity contribution in [1.82, 2.24) is 4.90 Å². The standard InChI is InChI=1S/C14H23N3S/c1-4-17(5-2)9-8-16-13-7-6-11(3)10-12(13)14(15)18/h6-7,10,16H,4-5,8-9H2,1-3H3,(H2,15,18). The second-order valence-corrected chi connectivity index (χ2v) is 4.81. The van der Waals surface area contributed by atoms with Gasteiger partial charge in [-0.05, 0) is 32.1 Å². The van der Waals surface area contributed by atoms with E-state index in [4.69, 9.17) is 18.0 Å². The van der Waals surface area contributed by atoms with Crippen LogP contribution in [0.5, 0.6) is 0 Å². The lowest BCUT2D eigenvalue weighted by Crippen LogP contribution is -2.29. The van der Waals surface area contributed by atoms with Crippen LogP contribution in [0.15, 0.2) is 18.2 Å². The van der Waals surface area contributed by atoms with Crippen LogP contribution < -0.4 is 11.1 Å². The van der Waals surface area contributed by atoms with Crippen LogP contribution in [0.3, 0.4) is 0 Å². The maximum atomic E-state index is 5.75. The zero-order valence-electron chi connectivity index (χ0n) is 11.5. The SMILES string of the molecule is CCN(CC)CCNc1ccc(C)cc1C(N)=S. The van der Waals surface area contributed by atoms with Gasteiger partial charge < -0.3 is 16.0 Å². The van der Waals surface area contributed by atoms with Gasteiger partial charge in [-0.25, -0.2) is 0 Å². The lowest BCUT2D eigenvalue weighted by molar-refractivity contribution is 0.316. The number of anilines is 1. The topological polar surface area (TPSA) is 41.3 Å². The van der Waals surface area contributed by atoms with Gasteiger partial charge in [0.1, 0.15) is 4.99 Å². The number of aryl methyl sites for hydroxylation is 1. The molecular formula is C14H23N3S. The first-order chi connectivity index (χ1) is 8.58. The second-order valence-electron chi connectivity index (χ2n) is 4.37. The van der Waals surface area contributed by atoms with Crippen LogP contribution in [0.25, 0.3) is 0 Å². The number of nitrogens with one attached hydrogen (secondary N) is 1. The van der Waals surface area contributed by atoms with Crippen molar-refractivity contribution in [2.24, 2.45) is 5.73 Å². The van der Waals surface area contributed by atoms with Gasteiger partial charge in [0, 0.05) is 24.3 Å². The van der Waals surface area contributed by atoms with E-state index in [1.165, 1.54) is 5.56 Å². The van der Waals surface area contributed by atoms with Gasteiger partial charge in [-0.2, -0.15) is 0 Å². The zero-order chi connectivity index (χ0) is 13.5. The smallest absolute Gasteiger partial charge is 0.106 e. The molecule has 1 aromatic carbocycles. The van der Waals surface area contributed by atoms with Crippen LogP contribution in [-0.2, 0) is 0 Å². The van der Waals surface area contributed by atoms with Crippen LogP contribution in [0.4, 0.5) is 5.69 Å². The molecule has 1 rings (SSSR count). The van der Waals surface area contributed by atoms with Gasteiger partial charge in [0.05, 0.1) is 0 Å². The van der Waals surface area contributed by atoms with E-state index in [0.29, 0.717) is 4.99 Å². The van der Waals surface area contributed by atoms with Crippen molar-refractivity contribution in [2.75, 3.05) is 31.5 Å². The summed E-state index contributed by atoms with van der Waals surface area (Å²) in [5, 5.41) is 3.41. The summed E-state index contributed by atoms with van der Waals surface area (Å²) < 4.78 is 0. The molecule has 0 heterocycles. The summed E-state index contributed by atoms with van der Waals surface area (Å²) in [6.45, 7) is 10.5. The summed E-state index contributed by atoms with van der Waals surface area (Å²) in [4.78, 5) is 2.82. The maximum absolute atomic E-state index is 5.75. The van der Waals surface area contributed by atoms with Crippen LogP contribution >= 0.6 is 12.2 Å². The summed E-state index contributed by atoms with van der Waals surface area (Å²) in [6.07, 6.45) is 0. The third-order valence-corrected chi connectivity index (χ3v) is 3.30. The minimum absolute atomic E-state index is 0.448. The molecule has 0 aliphatic carbocycles. The lowest BCUT2D eigenvalue weighted by atomic mass is 10.1. The third kappa shape index (κ3) is 4.27. The van der Waals surface area contributed by atoms with Crippen LogP contribution in [-0.4, -0.2) is 36.1 Å². The van der Waals surface area contributed by atoms with Gasteiger partial charge in [0.2, 0.25) is 0 Å². The molecule has 0 unspecified atom stereocenters. The van der Waals surface area contributed by atoms with Crippen molar-refractivity contribution in [3.8, 4) is 0 Å². The van der Waals surface area contributed by atoms with E-state index in [0.717, 1.165) is 37.4 Å². The predicted octanol–water partition coefficient (Wildman–Crippen LogP) is 2.38. The highest BCUT2D eigenvalue weighted by Gasteiger charge is 2.05. The maximum Gasteiger partial charge on any atom is 0.106 e. The molecule has 3 N–H and O–H groups in total. The summed E-state index contributed by atoms with van der Waals surface area (Å²) in [6, 6.07) is 6.15. The molecule has 3 nitrogen and oxygen atoms in total. The van der Waals surface area contributed by atoms with Crippen LogP contribution in [0, 0.1) is 6.92 Å². The number of thiocarbonyl (C=S) groups is 1. The first-order valence-corrected chi connectivity index (χ1v) is 6.86. The largest absolute Gasteiger partial charge is 0.389 e. The normalized spacial score (nSPS) is 10.7. The van der Waals surface area contributed by atoms with Gasteiger partial charge in [-0.1, -0.05) is 37.7 Å². The van der Waals surface area contributed by atoms with E-state index in [1.54, 1.807) is 0 Å². The van der Waals surface area contributed by atoms with Gasteiger partial charge in [-0.15, -0.1) is 0 Å². The molecule has 0 aliphatic heterocycles. The highest BCUT2D eigenvalue weighted by Crippen LogP contribution is 2.17. The molecule has 0 radical (unpaired) electrons. The molecule has 18 heavy (non-hydrogen) atoms. The minimum Gasteiger partial charge on any atom is -0.389 e. The second kappa shape index (κ2) is 7.34. The van der Waals surface area contributed by atoms with Crippen molar-refractivity contribution in [3.63, 3.8) is 0 Å². The average molecular weight is 265 g/mol. The van der Waals surface area contributed by atoms with Crippen molar-refractivity contribution in [1.29, 1.82) is 0 Å². The number of hydrogen-bond donors (Lipinski definition) is 2. The lowest BCUT2D eigenvalue weighted by Gasteiger charge is -2.19. The van der Waals surface area contributed by atoms with Crippen molar-refractivity contribution in [2.45, 2.75) is 20.8 Å². The number of benzene rings is 1. The van der Waals surface area contributed by atoms with Crippen molar-refractivity contribution < 1.29 is 0 Å². The quantitative estimate of drug-likeness (QED) is 0.743. The predicted molar refractivity (Wildman–Crippen MR) is 83.3 cm³/mol. The Kier molecular flexibility index (Phi) is 6.09. The van der Waals surface area contributed by atoms with Gasteiger partial charge in [-0.3, -0.25) is 0 Å². The fourth-order valence-electron chi connectivity index (χ4n) is 1.90. The van der Waals surface area contributed by atoms with Gasteiger partial charge in [0.15, 0.2) is 0 Å². The summed E-state index contributed by atoms with van der Waals surface area (Å²) in [7, 11) is 0. The molecule has 0 atom stereocenters. The fraction of sp³-hybridized carbons (Fsp3) is 0.500. The number of rotatable bonds is 7. The molecule has 0 saturated heterocycles. The Bertz CT molecular complexity index is 400. The Morgan fingerprint density at radius 1 is 1.33 bits per heavy atom. The number of nitrogens with zero attached hydrogens (tertiary/aromatic N) is 1. The highest BCUT2D eigenvalue weighted by molar-refractivity contribution is 7.80.